The van der Waals surface area contributed by atoms with E-state index >= 15 is 0 Å². The molecule has 0 spiro atoms. The van der Waals surface area contributed by atoms with Crippen LogP contribution in [0.5, 0.6) is 0 Å². The molecule has 0 amide bonds. The van der Waals surface area contributed by atoms with Gasteiger partial charge in [0, 0.05) is 0 Å². The third-order valence-corrected chi connectivity index (χ3v) is 6.36. The molecule has 0 bridgehead atoms. The van der Waals surface area contributed by atoms with E-state index in [1.807, 2.05) is 0 Å². The van der Waals surface area contributed by atoms with E-state index in [9.17, 15) is 4.91 Å². The Labute approximate surface area is 97.5 Å². The summed E-state index contributed by atoms with van der Waals surface area (Å²) in [6.45, 7) is 5.24. The molecule has 1 aliphatic carbocycles. The van der Waals surface area contributed by atoms with Crippen LogP contribution in [0.4, 0.5) is 0 Å². The van der Waals surface area contributed by atoms with E-state index in [1.54, 1.807) is 0 Å². The van der Waals surface area contributed by atoms with E-state index in [1.165, 1.54) is 25.7 Å². The van der Waals surface area contributed by atoms with Crippen LogP contribution in [-0.2, 0) is 0 Å². The fraction of sp³-hybridized carbons (Fsp3) is 1.00. The first-order chi connectivity index (χ1) is 6.72. The molecule has 2 atom stereocenters. The molecule has 0 aromatic rings. The van der Waals surface area contributed by atoms with Crippen molar-refractivity contribution in [2.75, 3.05) is 6.54 Å². The summed E-state index contributed by atoms with van der Waals surface area (Å²) in [6, 6.07) is 0. The second-order valence-corrected chi connectivity index (χ2v) is 9.38. The maximum atomic E-state index is 9.94. The van der Waals surface area contributed by atoms with Crippen molar-refractivity contribution >= 4 is 0 Å². The van der Waals surface area contributed by atoms with Crippen molar-refractivity contribution in [1.29, 1.82) is 0 Å². The summed E-state index contributed by atoms with van der Waals surface area (Å²) in [5.41, 5.74) is 0. The molecule has 0 aromatic carbocycles. The molecule has 0 radical (unpaired) electrons. The van der Waals surface area contributed by atoms with Crippen LogP contribution in [0.2, 0.25) is 0 Å². The third-order valence-electron chi connectivity index (χ3n) is 2.77. The molecule has 84 valence electrons. The maximum absolute atomic E-state index is 9.94. The van der Waals surface area contributed by atoms with Crippen molar-refractivity contribution in [2.45, 2.75) is 53.8 Å². The third kappa shape index (κ3) is 4.71. The zero-order valence-corrected chi connectivity index (χ0v) is 11.4. The van der Waals surface area contributed by atoms with Gasteiger partial charge >= 0.3 is 97.6 Å². The second kappa shape index (κ2) is 6.75. The molecule has 2 nitrogen and oxygen atoms in total. The van der Waals surface area contributed by atoms with Crippen molar-refractivity contribution < 1.29 is 21.2 Å². The molecule has 2 unspecified atom stereocenters. The van der Waals surface area contributed by atoms with Gasteiger partial charge < -0.3 is 0 Å². The molecule has 14 heavy (non-hydrogen) atoms. The van der Waals surface area contributed by atoms with E-state index in [4.69, 9.17) is 0 Å². The average Bonchev–Trinajstić information content (AvgIpc) is 2.52. The van der Waals surface area contributed by atoms with Crippen molar-refractivity contribution in [3.8, 4) is 0 Å². The number of alkyl halides is 2. The first-order valence-electron chi connectivity index (χ1n) is 5.63. The normalized spacial score (nSPS) is 27.4. The van der Waals surface area contributed by atoms with Gasteiger partial charge in [-0.15, -0.1) is 0 Å². The number of nitroso groups, excluding NO2 is 1. The van der Waals surface area contributed by atoms with E-state index in [2.05, 4.69) is 19.0 Å². The fourth-order valence-corrected chi connectivity index (χ4v) is 5.96. The average molecular weight is 310 g/mol. The van der Waals surface area contributed by atoms with Crippen LogP contribution in [0.15, 0.2) is 5.18 Å². The summed E-state index contributed by atoms with van der Waals surface area (Å²) in [4.78, 5) is 9.94. The van der Waals surface area contributed by atoms with Crippen molar-refractivity contribution in [2.24, 2.45) is 11.1 Å². The molecular formula is C11H21INO-. The van der Waals surface area contributed by atoms with Crippen LogP contribution in [0.3, 0.4) is 0 Å². The van der Waals surface area contributed by atoms with E-state index in [-0.39, 0.29) is 0 Å². The molecule has 0 saturated heterocycles. The Morgan fingerprint density at radius 3 is 2.86 bits per heavy atom. The Kier molecular flexibility index (Phi) is 5.98. The number of rotatable bonds is 6. The van der Waals surface area contributed by atoms with Gasteiger partial charge in [-0.1, -0.05) is 0 Å². The van der Waals surface area contributed by atoms with Gasteiger partial charge in [0.05, 0.1) is 0 Å². The summed E-state index contributed by atoms with van der Waals surface area (Å²) in [5, 5.41) is 2.92. The minimum atomic E-state index is 0.430. The quantitative estimate of drug-likeness (QED) is 0.298. The van der Waals surface area contributed by atoms with E-state index in [0.29, 0.717) is 27.7 Å². The molecule has 0 aliphatic heterocycles. The van der Waals surface area contributed by atoms with Gasteiger partial charge in [0.25, 0.3) is 0 Å². The monoisotopic (exact) mass is 310 g/mol. The molecule has 0 aromatic heterocycles. The first kappa shape index (κ1) is 12.4. The Hall–Kier alpha value is 0.330. The van der Waals surface area contributed by atoms with Gasteiger partial charge in [0.1, 0.15) is 0 Å². The van der Waals surface area contributed by atoms with Crippen molar-refractivity contribution in [1.82, 2.24) is 0 Å². The zero-order valence-electron chi connectivity index (χ0n) is 9.21. The van der Waals surface area contributed by atoms with Gasteiger partial charge in [-0.05, 0) is 0 Å². The summed E-state index contributed by atoms with van der Waals surface area (Å²) >= 11 is 0.430. The van der Waals surface area contributed by atoms with Gasteiger partial charge in [-0.3, -0.25) is 0 Å². The van der Waals surface area contributed by atoms with Crippen LogP contribution < -0.4 is 21.2 Å². The van der Waals surface area contributed by atoms with Gasteiger partial charge in [-0.2, -0.15) is 0 Å². The minimum absolute atomic E-state index is 0.430. The summed E-state index contributed by atoms with van der Waals surface area (Å²) in [6.07, 6.45) is 6.58. The molecule has 0 heterocycles. The summed E-state index contributed by atoms with van der Waals surface area (Å²) in [5.74, 6) is 0.917. The van der Waals surface area contributed by atoms with Crippen LogP contribution in [-0.4, -0.2) is 14.4 Å². The first-order valence-corrected chi connectivity index (χ1v) is 8.12. The molecular weight excluding hydrogens is 289 g/mol. The Morgan fingerprint density at radius 1 is 1.43 bits per heavy atom. The summed E-state index contributed by atoms with van der Waals surface area (Å²) < 4.78 is 2.03. The van der Waals surface area contributed by atoms with Crippen molar-refractivity contribution in [3.63, 3.8) is 0 Å². The number of hydrogen-bond acceptors (Lipinski definition) is 2. The van der Waals surface area contributed by atoms with E-state index < -0.39 is 0 Å². The van der Waals surface area contributed by atoms with Crippen molar-refractivity contribution in [3.05, 3.63) is 4.91 Å². The Morgan fingerprint density at radius 2 is 2.21 bits per heavy atom. The number of halogens is 1. The van der Waals surface area contributed by atoms with Crippen LogP contribution in [0.1, 0.15) is 46.0 Å². The number of hydrogen-bond donors (Lipinski definition) is 0. The van der Waals surface area contributed by atoms with Crippen LogP contribution >= 0.6 is 0 Å². The second-order valence-electron chi connectivity index (χ2n) is 4.41. The SMILES string of the molecule is CC(C)[I-]C1CCC(CCCN=O)C1. The van der Waals surface area contributed by atoms with Gasteiger partial charge in [-0.25, -0.2) is 0 Å². The molecule has 3 heteroatoms. The molecule has 1 saturated carbocycles. The topological polar surface area (TPSA) is 29.4 Å². The standard InChI is InChI=1S/C11H21INO/c1-9(2)12-11-6-5-10(8-11)4-3-7-13-14/h9-11H,3-8H2,1-2H3/q-1. The van der Waals surface area contributed by atoms with Gasteiger partial charge in [0.15, 0.2) is 0 Å². The molecule has 1 fully saturated rings. The zero-order chi connectivity index (χ0) is 10.4. The van der Waals surface area contributed by atoms with Crippen LogP contribution in [0, 0.1) is 10.8 Å². The van der Waals surface area contributed by atoms with E-state index in [0.717, 1.165) is 20.2 Å². The molecule has 1 aliphatic rings. The Balaban J connectivity index is 2.10. The predicted octanol–water partition coefficient (Wildman–Crippen LogP) is 0.199. The number of nitrogens with zero attached hydrogens (tertiary/aromatic N) is 1. The molecule has 0 N–H and O–H groups in total. The van der Waals surface area contributed by atoms with Crippen LogP contribution in [0.25, 0.3) is 0 Å². The van der Waals surface area contributed by atoms with Gasteiger partial charge in [0.2, 0.25) is 0 Å². The fourth-order valence-electron chi connectivity index (χ4n) is 2.19. The Bertz CT molecular complexity index is 173. The molecule has 1 rings (SSSR count). The summed E-state index contributed by atoms with van der Waals surface area (Å²) in [7, 11) is 0. The predicted molar refractivity (Wildman–Crippen MR) is 56.2 cm³/mol.